The Morgan fingerprint density at radius 2 is 1.77 bits per heavy atom. The van der Waals surface area contributed by atoms with Crippen LogP contribution < -0.4 is 9.47 Å². The van der Waals surface area contributed by atoms with Gasteiger partial charge in [0.2, 0.25) is 0 Å². The number of aliphatic hydroxyl groups excluding tert-OH is 2. The number of fused-ring (bicyclic) bond motifs is 6. The van der Waals surface area contributed by atoms with Gasteiger partial charge >= 0.3 is 5.97 Å². The smallest absolute Gasteiger partial charge is 0.318 e. The van der Waals surface area contributed by atoms with Crippen LogP contribution in [0.1, 0.15) is 78.8 Å². The number of esters is 1. The van der Waals surface area contributed by atoms with Crippen molar-refractivity contribution in [1.82, 2.24) is 4.98 Å². The van der Waals surface area contributed by atoms with Crippen molar-refractivity contribution in [3.8, 4) is 34.8 Å². The van der Waals surface area contributed by atoms with Gasteiger partial charge in [-0.25, -0.2) is 0 Å². The molecule has 7 rings (SSSR count). The molecule has 1 saturated carbocycles. The first-order chi connectivity index (χ1) is 25.7. The van der Waals surface area contributed by atoms with Gasteiger partial charge in [-0.3, -0.25) is 9.59 Å². The standard InChI is InChI=1S/C43H45NO9/c1-51-39-24-33-31-21-27(46)22-41(37(48)18-25-14-15-36(47)40(19-25)52-17-16-45)53-42(50)13-7-5-11-30-29-10-4-6-12-35(29)44-43(30)34(32(33)23-38(39)49)20-26-8-2-3-9-28(26)31/h4,6,10,12,14-15,19-20,23-24,26,28,31,37,41,44-45,47-49H,2-3,8-9,11,13,16-18,21-22H2,1H3. The topological polar surface area (TPSA) is 159 Å². The molecule has 3 aliphatic rings. The quantitative estimate of drug-likeness (QED) is 0.112. The second-order valence-electron chi connectivity index (χ2n) is 14.3. The van der Waals surface area contributed by atoms with Crippen LogP contribution >= 0.6 is 0 Å². The number of ketones is 1. The zero-order valence-corrected chi connectivity index (χ0v) is 29.8. The van der Waals surface area contributed by atoms with Crippen LogP contribution in [-0.2, 0) is 27.2 Å². The summed E-state index contributed by atoms with van der Waals surface area (Å²) >= 11 is 0. The fourth-order valence-corrected chi connectivity index (χ4v) is 8.44. The van der Waals surface area contributed by atoms with E-state index in [0.717, 1.165) is 64.5 Å². The molecule has 2 aliphatic carbocycles. The highest BCUT2D eigenvalue weighted by atomic mass is 16.6. The summed E-state index contributed by atoms with van der Waals surface area (Å²) in [6.07, 6.45) is 3.96. The monoisotopic (exact) mass is 719 g/mol. The first-order valence-corrected chi connectivity index (χ1v) is 18.4. The number of aromatic hydroxyl groups is 2. The minimum absolute atomic E-state index is 0.00760. The fourth-order valence-electron chi connectivity index (χ4n) is 8.44. The zero-order valence-electron chi connectivity index (χ0n) is 29.8. The second-order valence-corrected chi connectivity index (χ2v) is 14.3. The van der Waals surface area contributed by atoms with Crippen LogP contribution in [-0.4, -0.2) is 69.7 Å². The molecule has 0 spiro atoms. The van der Waals surface area contributed by atoms with E-state index in [1.54, 1.807) is 18.2 Å². The number of allylic oxidation sites excluding steroid dienone is 1. The Hall–Kier alpha value is -5.24. The summed E-state index contributed by atoms with van der Waals surface area (Å²) in [7, 11) is 1.52. The molecule has 5 atom stereocenters. The van der Waals surface area contributed by atoms with Gasteiger partial charge in [0.15, 0.2) is 23.0 Å². The molecule has 0 radical (unpaired) electrons. The maximum atomic E-state index is 14.3. The highest BCUT2D eigenvalue weighted by Gasteiger charge is 2.39. The van der Waals surface area contributed by atoms with Crippen molar-refractivity contribution in [3.63, 3.8) is 0 Å². The number of cyclic esters (lactones) is 1. The maximum absolute atomic E-state index is 14.3. The van der Waals surface area contributed by atoms with Crippen molar-refractivity contribution in [2.45, 2.75) is 75.9 Å². The summed E-state index contributed by atoms with van der Waals surface area (Å²) in [6.45, 7) is -0.262. The Labute approximate surface area is 308 Å². The molecule has 10 nitrogen and oxygen atoms in total. The molecule has 2 heterocycles. The van der Waals surface area contributed by atoms with E-state index in [1.807, 2.05) is 24.3 Å². The van der Waals surface area contributed by atoms with Gasteiger partial charge in [-0.15, -0.1) is 0 Å². The summed E-state index contributed by atoms with van der Waals surface area (Å²) in [4.78, 5) is 31.2. The van der Waals surface area contributed by atoms with Crippen LogP contribution in [0, 0.1) is 23.7 Å². The maximum Gasteiger partial charge on any atom is 0.318 e. The van der Waals surface area contributed by atoms with Gasteiger partial charge in [-0.2, -0.15) is 0 Å². The number of aliphatic hydroxyl groups is 2. The largest absolute Gasteiger partial charge is 0.504 e. The van der Waals surface area contributed by atoms with Crippen LogP contribution in [0.25, 0.3) is 16.5 Å². The van der Waals surface area contributed by atoms with E-state index in [9.17, 15) is 30.0 Å². The number of carbonyl (C=O) groups excluding carboxylic acids is 2. The molecule has 3 aromatic carbocycles. The predicted octanol–water partition coefficient (Wildman–Crippen LogP) is 6.11. The third-order valence-corrected chi connectivity index (χ3v) is 10.9. The number of aromatic amines is 1. The molecule has 0 amide bonds. The Morgan fingerprint density at radius 1 is 0.962 bits per heavy atom. The Balaban J connectivity index is 1.32. The normalized spacial score (nSPS) is 22.3. The first kappa shape index (κ1) is 36.1. The summed E-state index contributed by atoms with van der Waals surface area (Å²) in [6, 6.07) is 16.3. The first-order valence-electron chi connectivity index (χ1n) is 18.4. The molecule has 1 fully saturated rings. The van der Waals surface area contributed by atoms with Crippen molar-refractivity contribution in [3.05, 3.63) is 88.6 Å². The van der Waals surface area contributed by atoms with E-state index in [0.29, 0.717) is 17.7 Å². The molecular weight excluding hydrogens is 674 g/mol. The van der Waals surface area contributed by atoms with Crippen LogP contribution in [0.3, 0.4) is 0 Å². The van der Waals surface area contributed by atoms with Crippen LogP contribution in [0.4, 0.5) is 0 Å². The predicted molar refractivity (Wildman–Crippen MR) is 199 cm³/mol. The molecule has 1 aromatic heterocycles. The Kier molecular flexibility index (Phi) is 10.8. The summed E-state index contributed by atoms with van der Waals surface area (Å²) in [5, 5.41) is 43.1. The second kappa shape index (κ2) is 15.8. The van der Waals surface area contributed by atoms with Crippen molar-refractivity contribution < 1.29 is 44.2 Å². The number of phenols is 2. The van der Waals surface area contributed by atoms with Gasteiger partial charge in [-0.05, 0) is 83.2 Å². The van der Waals surface area contributed by atoms with Crippen molar-refractivity contribution in [2.75, 3.05) is 20.3 Å². The Morgan fingerprint density at radius 3 is 2.60 bits per heavy atom. The fraction of sp³-hybridized carbons (Fsp3) is 0.395. The number of carbonyl (C=O) groups is 2. The summed E-state index contributed by atoms with van der Waals surface area (Å²) in [5.74, 6) is 5.75. The van der Waals surface area contributed by atoms with E-state index in [2.05, 4.69) is 29.0 Å². The molecule has 276 valence electrons. The number of phenolic OH excluding ortho intramolecular Hbond substituents is 2. The van der Waals surface area contributed by atoms with Crippen molar-refractivity contribution in [2.24, 2.45) is 11.8 Å². The molecule has 53 heavy (non-hydrogen) atoms. The van der Waals surface area contributed by atoms with E-state index in [-0.39, 0.29) is 79.7 Å². The average molecular weight is 720 g/mol. The lowest BCUT2D eigenvalue weighted by atomic mass is 9.69. The molecule has 5 N–H and O–H groups in total. The number of hydrogen-bond acceptors (Lipinski definition) is 9. The van der Waals surface area contributed by atoms with Crippen molar-refractivity contribution in [1.29, 1.82) is 0 Å². The number of rotatable bonds is 7. The number of H-pyrrole nitrogens is 1. The number of methoxy groups -OCH3 is 1. The highest BCUT2D eigenvalue weighted by Crippen LogP contribution is 2.51. The van der Waals surface area contributed by atoms with Gasteiger partial charge in [0.1, 0.15) is 24.9 Å². The lowest BCUT2D eigenvalue weighted by Crippen LogP contribution is -2.36. The van der Waals surface area contributed by atoms with Gasteiger partial charge < -0.3 is 39.6 Å². The summed E-state index contributed by atoms with van der Waals surface area (Å²) in [5.41, 5.74) is 6.11. The van der Waals surface area contributed by atoms with E-state index >= 15 is 0 Å². The molecular formula is C43H45NO9. The molecule has 2 bridgehead atoms. The molecule has 5 unspecified atom stereocenters. The number of Topliss-reactive ketones (excluding diaryl/α,β-unsaturated/α-hetero) is 1. The number of ether oxygens (including phenoxy) is 3. The molecule has 0 saturated heterocycles. The van der Waals surface area contributed by atoms with Crippen LogP contribution in [0.2, 0.25) is 0 Å². The van der Waals surface area contributed by atoms with Gasteiger partial charge in [0, 0.05) is 42.2 Å². The number of nitrogens with one attached hydrogen (secondary N) is 1. The number of hydrogen-bond donors (Lipinski definition) is 5. The number of benzene rings is 3. The van der Waals surface area contributed by atoms with Crippen LogP contribution in [0.15, 0.2) is 60.7 Å². The minimum atomic E-state index is -1.26. The number of aromatic nitrogens is 1. The van der Waals surface area contributed by atoms with Gasteiger partial charge in [-0.1, -0.05) is 55.0 Å². The van der Waals surface area contributed by atoms with Gasteiger partial charge in [0.25, 0.3) is 0 Å². The summed E-state index contributed by atoms with van der Waals surface area (Å²) < 4.78 is 16.9. The third-order valence-electron chi connectivity index (χ3n) is 10.9. The van der Waals surface area contributed by atoms with E-state index < -0.39 is 18.2 Å². The Bertz CT molecular complexity index is 2100. The highest BCUT2D eigenvalue weighted by molar-refractivity contribution is 5.94. The molecule has 1 aliphatic heterocycles. The van der Waals surface area contributed by atoms with Gasteiger partial charge in [0.05, 0.1) is 25.5 Å². The lowest BCUT2D eigenvalue weighted by molar-refractivity contribution is -0.155. The molecule has 10 heteroatoms. The number of para-hydroxylation sites is 1. The van der Waals surface area contributed by atoms with E-state index in [4.69, 9.17) is 14.2 Å². The minimum Gasteiger partial charge on any atom is -0.504 e. The lowest BCUT2D eigenvalue weighted by Gasteiger charge is -2.35. The molecule has 4 aromatic rings. The third kappa shape index (κ3) is 7.64. The van der Waals surface area contributed by atoms with Crippen LogP contribution in [0.5, 0.6) is 23.0 Å². The van der Waals surface area contributed by atoms with E-state index in [1.165, 1.54) is 13.2 Å². The average Bonchev–Trinajstić information content (AvgIpc) is 3.46. The zero-order chi connectivity index (χ0) is 37.1. The SMILES string of the molecule is COc1cc2c(cc1O)C1=CC3CCCCC3C2CC(=O)CC(C(O)Cc2ccc(O)c(OCCO)c2)OC(=O)CC#CCc2c1[nH]c1ccccc21. The van der Waals surface area contributed by atoms with Crippen molar-refractivity contribution >= 4 is 28.2 Å².